The molecule has 26 heavy (non-hydrogen) atoms. The number of carbonyl (C=O) groups excluding carboxylic acids is 1. The highest BCUT2D eigenvalue weighted by molar-refractivity contribution is 5.97. The average molecular weight is 355 g/mol. The first-order chi connectivity index (χ1) is 12.6. The molecule has 2 aliphatic heterocycles. The maximum atomic E-state index is 13.2. The van der Waals surface area contributed by atoms with Crippen LogP contribution in [-0.4, -0.2) is 62.8 Å². The minimum atomic E-state index is 0.0646. The van der Waals surface area contributed by atoms with E-state index in [0.29, 0.717) is 17.5 Å². The molecule has 2 aromatic heterocycles. The van der Waals surface area contributed by atoms with E-state index in [1.54, 1.807) is 10.9 Å². The van der Waals surface area contributed by atoms with Gasteiger partial charge in [0.25, 0.3) is 5.91 Å². The number of aromatic nitrogens is 3. The number of rotatable bonds is 4. The lowest BCUT2D eigenvalue weighted by atomic mass is 9.83. The van der Waals surface area contributed by atoms with E-state index in [-0.39, 0.29) is 5.91 Å². The zero-order valence-electron chi connectivity index (χ0n) is 15.8. The van der Waals surface area contributed by atoms with E-state index >= 15 is 0 Å². The van der Waals surface area contributed by atoms with Crippen molar-refractivity contribution in [2.75, 3.05) is 26.7 Å². The molecule has 6 heteroatoms. The number of carbonyl (C=O) groups is 1. The highest BCUT2D eigenvalue weighted by Gasteiger charge is 2.34. The first kappa shape index (κ1) is 17.3. The Labute approximate surface area is 155 Å². The molecule has 0 radical (unpaired) electrons. The molecule has 4 rings (SSSR count). The summed E-state index contributed by atoms with van der Waals surface area (Å²) in [5.41, 5.74) is 0.669. The van der Waals surface area contributed by atoms with Gasteiger partial charge in [-0.1, -0.05) is 6.42 Å². The van der Waals surface area contributed by atoms with Crippen LogP contribution in [0, 0.1) is 5.92 Å². The van der Waals surface area contributed by atoms with Gasteiger partial charge in [-0.3, -0.25) is 9.48 Å². The Hall–Kier alpha value is -2.08. The fourth-order valence-electron chi connectivity index (χ4n) is 4.79. The first-order valence-electron chi connectivity index (χ1n) is 9.80. The molecular weight excluding hydrogens is 326 g/mol. The van der Waals surface area contributed by atoms with E-state index in [0.717, 1.165) is 12.4 Å². The van der Waals surface area contributed by atoms with Crippen LogP contribution in [-0.2, 0) is 7.05 Å². The van der Waals surface area contributed by atoms with Crippen molar-refractivity contribution in [1.29, 1.82) is 0 Å². The molecule has 0 N–H and O–H groups in total. The molecule has 0 unspecified atom stereocenters. The highest BCUT2D eigenvalue weighted by Crippen LogP contribution is 2.31. The summed E-state index contributed by atoms with van der Waals surface area (Å²) in [6, 6.07) is 4.58. The van der Waals surface area contributed by atoms with Gasteiger partial charge in [0.1, 0.15) is 11.4 Å². The number of piperidine rings is 2. The Kier molecular flexibility index (Phi) is 4.85. The second-order valence-corrected chi connectivity index (χ2v) is 7.78. The summed E-state index contributed by atoms with van der Waals surface area (Å²) in [4.78, 5) is 17.7. The van der Waals surface area contributed by atoms with Crippen molar-refractivity contribution < 1.29 is 4.79 Å². The largest absolute Gasteiger partial charge is 0.341 e. The zero-order chi connectivity index (χ0) is 18.1. The Morgan fingerprint density at radius 2 is 1.96 bits per heavy atom. The molecule has 2 atom stereocenters. The van der Waals surface area contributed by atoms with E-state index in [1.165, 1.54) is 45.2 Å². The van der Waals surface area contributed by atoms with Crippen LogP contribution < -0.4 is 0 Å². The zero-order valence-corrected chi connectivity index (χ0v) is 15.8. The summed E-state index contributed by atoms with van der Waals surface area (Å²) in [5, 5.41) is 4.33. The lowest BCUT2D eigenvalue weighted by Crippen LogP contribution is -2.51. The summed E-state index contributed by atoms with van der Waals surface area (Å²) in [6.45, 7) is 3.30. The van der Waals surface area contributed by atoms with Crippen molar-refractivity contribution in [2.45, 2.75) is 38.1 Å². The molecule has 2 saturated heterocycles. The van der Waals surface area contributed by atoms with Crippen molar-refractivity contribution in [3.05, 3.63) is 36.3 Å². The van der Waals surface area contributed by atoms with Gasteiger partial charge in [-0.25, -0.2) is 0 Å². The van der Waals surface area contributed by atoms with Crippen molar-refractivity contribution in [2.24, 2.45) is 13.0 Å². The summed E-state index contributed by atoms with van der Waals surface area (Å²) in [6.07, 6.45) is 12.0. The Balaban J connectivity index is 1.50. The van der Waals surface area contributed by atoms with E-state index in [1.807, 2.05) is 48.1 Å². The van der Waals surface area contributed by atoms with E-state index in [4.69, 9.17) is 0 Å². The predicted octanol–water partition coefficient (Wildman–Crippen LogP) is 2.55. The molecule has 0 aromatic carbocycles. The van der Waals surface area contributed by atoms with E-state index in [9.17, 15) is 4.79 Å². The van der Waals surface area contributed by atoms with Crippen LogP contribution in [0.25, 0.3) is 5.82 Å². The molecule has 140 valence electrons. The summed E-state index contributed by atoms with van der Waals surface area (Å²) in [7, 11) is 3.82. The lowest BCUT2D eigenvalue weighted by Gasteiger charge is -2.45. The predicted molar refractivity (Wildman–Crippen MR) is 101 cm³/mol. The van der Waals surface area contributed by atoms with Gasteiger partial charge >= 0.3 is 0 Å². The van der Waals surface area contributed by atoms with Crippen molar-refractivity contribution in [3.63, 3.8) is 0 Å². The summed E-state index contributed by atoms with van der Waals surface area (Å²) >= 11 is 0. The monoisotopic (exact) mass is 355 g/mol. The summed E-state index contributed by atoms with van der Waals surface area (Å²) < 4.78 is 3.72. The third-order valence-electron chi connectivity index (χ3n) is 6.07. The Morgan fingerprint density at radius 1 is 1.19 bits per heavy atom. The third-order valence-corrected chi connectivity index (χ3v) is 6.07. The Bertz CT molecular complexity index is 748. The van der Waals surface area contributed by atoms with Crippen LogP contribution in [0.3, 0.4) is 0 Å². The SMILES string of the molecule is CN(C[C@@H]1CCCN2CCCC[C@@H]12)C(=O)c1cnn(C)c1-n1cccc1. The van der Waals surface area contributed by atoms with Crippen LogP contribution in [0.15, 0.2) is 30.7 Å². The molecule has 2 aliphatic rings. The highest BCUT2D eigenvalue weighted by atomic mass is 16.2. The van der Waals surface area contributed by atoms with Crippen LogP contribution in [0.5, 0.6) is 0 Å². The topological polar surface area (TPSA) is 46.3 Å². The molecule has 0 saturated carbocycles. The number of nitrogens with zero attached hydrogens (tertiary/aromatic N) is 5. The van der Waals surface area contributed by atoms with Crippen molar-refractivity contribution >= 4 is 5.91 Å². The smallest absolute Gasteiger partial charge is 0.259 e. The molecule has 1 amide bonds. The van der Waals surface area contributed by atoms with Gasteiger partial charge in [-0.15, -0.1) is 0 Å². The van der Waals surface area contributed by atoms with Gasteiger partial charge in [0, 0.05) is 39.1 Å². The van der Waals surface area contributed by atoms with Crippen molar-refractivity contribution in [1.82, 2.24) is 24.1 Å². The summed E-state index contributed by atoms with van der Waals surface area (Å²) in [5.74, 6) is 1.48. The van der Waals surface area contributed by atoms with Gasteiger partial charge in [-0.05, 0) is 56.8 Å². The van der Waals surface area contributed by atoms with Crippen LogP contribution in [0.2, 0.25) is 0 Å². The molecule has 6 nitrogen and oxygen atoms in total. The van der Waals surface area contributed by atoms with Crippen molar-refractivity contribution in [3.8, 4) is 5.82 Å². The third kappa shape index (κ3) is 3.18. The van der Waals surface area contributed by atoms with E-state index < -0.39 is 0 Å². The quantitative estimate of drug-likeness (QED) is 0.847. The number of fused-ring (bicyclic) bond motifs is 1. The molecule has 0 spiro atoms. The first-order valence-corrected chi connectivity index (χ1v) is 9.80. The van der Waals surface area contributed by atoms with E-state index in [2.05, 4.69) is 10.00 Å². The number of amides is 1. The standard InChI is InChI=1S/C20H29N5O/c1-22(15-16-8-7-13-24-10-4-3-9-18(16)24)20(26)17-14-21-23(2)19(17)25-11-5-6-12-25/h5-6,11-12,14,16,18H,3-4,7-10,13,15H2,1-2H3/t16-,18-/m0/s1. The molecule has 0 bridgehead atoms. The van der Waals surface area contributed by atoms with Crippen LogP contribution in [0.4, 0.5) is 0 Å². The second kappa shape index (κ2) is 7.27. The molecule has 2 fully saturated rings. The minimum absolute atomic E-state index is 0.0646. The molecular formula is C20H29N5O. The van der Waals surface area contributed by atoms with Gasteiger partial charge in [0.2, 0.25) is 0 Å². The lowest BCUT2D eigenvalue weighted by molar-refractivity contribution is 0.0403. The average Bonchev–Trinajstić information content (AvgIpc) is 3.30. The minimum Gasteiger partial charge on any atom is -0.341 e. The normalized spacial score (nSPS) is 23.6. The number of aryl methyl sites for hydroxylation is 1. The van der Waals surface area contributed by atoms with Gasteiger partial charge in [0.15, 0.2) is 0 Å². The molecule has 2 aromatic rings. The number of hydrogen-bond donors (Lipinski definition) is 0. The van der Waals surface area contributed by atoms with Gasteiger partial charge < -0.3 is 14.4 Å². The molecule has 4 heterocycles. The van der Waals surface area contributed by atoms with Gasteiger partial charge in [-0.2, -0.15) is 5.10 Å². The maximum absolute atomic E-state index is 13.2. The molecule has 0 aliphatic carbocycles. The second-order valence-electron chi connectivity index (χ2n) is 7.78. The number of hydrogen-bond acceptors (Lipinski definition) is 3. The van der Waals surface area contributed by atoms with Gasteiger partial charge in [0.05, 0.1) is 6.20 Å². The van der Waals surface area contributed by atoms with Crippen LogP contribution in [0.1, 0.15) is 42.5 Å². The van der Waals surface area contributed by atoms with Crippen LogP contribution >= 0.6 is 0 Å². The fourth-order valence-corrected chi connectivity index (χ4v) is 4.79. The fraction of sp³-hybridized carbons (Fsp3) is 0.600. The Morgan fingerprint density at radius 3 is 2.77 bits per heavy atom. The maximum Gasteiger partial charge on any atom is 0.259 e.